The van der Waals surface area contributed by atoms with E-state index in [2.05, 4.69) is 40.4 Å². The zero-order valence-corrected chi connectivity index (χ0v) is 9.13. The van der Waals surface area contributed by atoms with Gasteiger partial charge in [-0.15, -0.1) is 11.3 Å². The highest BCUT2D eigenvalue weighted by Crippen LogP contribution is 2.29. The van der Waals surface area contributed by atoms with Crippen molar-refractivity contribution < 1.29 is 0 Å². The van der Waals surface area contributed by atoms with Gasteiger partial charge in [0, 0.05) is 34.8 Å². The van der Waals surface area contributed by atoms with E-state index in [1.54, 1.807) is 11.3 Å². The number of thiophene rings is 1. The first-order valence-corrected chi connectivity index (χ1v) is 5.93. The summed E-state index contributed by atoms with van der Waals surface area (Å²) in [5, 5.41) is 4.79. The van der Waals surface area contributed by atoms with Gasteiger partial charge in [0.05, 0.1) is 5.52 Å². The van der Waals surface area contributed by atoms with Crippen molar-refractivity contribution in [3.8, 4) is 0 Å². The number of nitrogens with zero attached hydrogens (tertiary/aromatic N) is 1. The molecule has 3 heteroatoms. The van der Waals surface area contributed by atoms with Gasteiger partial charge in [-0.2, -0.15) is 0 Å². The summed E-state index contributed by atoms with van der Waals surface area (Å²) in [5.74, 6) is 0. The molecule has 3 aromatic rings. The lowest BCUT2D eigenvalue weighted by atomic mass is 10.2. The van der Waals surface area contributed by atoms with E-state index in [-0.39, 0.29) is 0 Å². The molecule has 0 atom stereocenters. The minimum Gasteiger partial charge on any atom is -0.346 e. The monoisotopic (exact) mass is 216 g/mol. The average molecular weight is 216 g/mol. The third-order valence-electron chi connectivity index (χ3n) is 2.73. The fraction of sp³-hybridized carbons (Fsp3) is 0.167. The quantitative estimate of drug-likeness (QED) is 0.701. The average Bonchev–Trinajstić information content (AvgIpc) is 2.83. The largest absolute Gasteiger partial charge is 0.346 e. The number of nitrogens with two attached hydrogens (primary N) is 1. The van der Waals surface area contributed by atoms with Crippen LogP contribution in [0.1, 0.15) is 0 Å². The molecule has 3 rings (SSSR count). The van der Waals surface area contributed by atoms with Crippen LogP contribution in [-0.4, -0.2) is 11.1 Å². The maximum atomic E-state index is 5.61. The number of hydrogen-bond acceptors (Lipinski definition) is 2. The highest BCUT2D eigenvalue weighted by molar-refractivity contribution is 7.17. The van der Waals surface area contributed by atoms with Crippen LogP contribution in [0.3, 0.4) is 0 Å². The van der Waals surface area contributed by atoms with E-state index < -0.39 is 0 Å². The number of benzene rings is 1. The zero-order valence-electron chi connectivity index (χ0n) is 8.31. The summed E-state index contributed by atoms with van der Waals surface area (Å²) < 4.78 is 3.59. The molecule has 0 unspecified atom stereocenters. The van der Waals surface area contributed by atoms with Gasteiger partial charge in [0.1, 0.15) is 0 Å². The number of rotatable bonds is 2. The van der Waals surface area contributed by atoms with Gasteiger partial charge < -0.3 is 10.3 Å². The molecule has 76 valence electrons. The smallest absolute Gasteiger partial charge is 0.0568 e. The molecule has 0 aliphatic heterocycles. The van der Waals surface area contributed by atoms with E-state index in [9.17, 15) is 0 Å². The highest BCUT2D eigenvalue weighted by atomic mass is 32.1. The van der Waals surface area contributed by atoms with Gasteiger partial charge >= 0.3 is 0 Å². The fourth-order valence-corrected chi connectivity index (χ4v) is 2.86. The standard InChI is InChI=1S/C12H12N2S/c13-5-7-14-6-3-9-1-2-11-10(12(9)14)4-8-15-11/h1-4,6,8H,5,7,13H2. The molecule has 0 radical (unpaired) electrons. The van der Waals surface area contributed by atoms with Crippen molar-refractivity contribution in [2.75, 3.05) is 6.54 Å². The third kappa shape index (κ3) is 1.28. The van der Waals surface area contributed by atoms with Crippen LogP contribution in [-0.2, 0) is 6.54 Å². The van der Waals surface area contributed by atoms with Crippen molar-refractivity contribution >= 4 is 32.3 Å². The molecule has 2 heterocycles. The van der Waals surface area contributed by atoms with Crippen LogP contribution in [0.2, 0.25) is 0 Å². The molecule has 1 aromatic carbocycles. The maximum absolute atomic E-state index is 5.61. The summed E-state index contributed by atoms with van der Waals surface area (Å²) in [5.41, 5.74) is 6.93. The Kier molecular flexibility index (Phi) is 2.01. The van der Waals surface area contributed by atoms with E-state index in [0.29, 0.717) is 6.54 Å². The van der Waals surface area contributed by atoms with Gasteiger partial charge in [-0.3, -0.25) is 0 Å². The van der Waals surface area contributed by atoms with Crippen molar-refractivity contribution in [1.82, 2.24) is 4.57 Å². The second-order valence-electron chi connectivity index (χ2n) is 3.63. The molecule has 15 heavy (non-hydrogen) atoms. The maximum Gasteiger partial charge on any atom is 0.0568 e. The van der Waals surface area contributed by atoms with Gasteiger partial charge in [-0.1, -0.05) is 6.07 Å². The van der Waals surface area contributed by atoms with E-state index >= 15 is 0 Å². The SMILES string of the molecule is NCCn1ccc2ccc3sccc3c21. The highest BCUT2D eigenvalue weighted by Gasteiger charge is 2.05. The molecular weight excluding hydrogens is 204 g/mol. The molecule has 0 aliphatic rings. The number of hydrogen-bond donors (Lipinski definition) is 1. The molecule has 0 saturated heterocycles. The van der Waals surface area contributed by atoms with Gasteiger partial charge in [0.25, 0.3) is 0 Å². The Balaban J connectivity index is 2.41. The van der Waals surface area contributed by atoms with E-state index in [1.807, 2.05) is 0 Å². The lowest BCUT2D eigenvalue weighted by Crippen LogP contribution is -2.08. The zero-order chi connectivity index (χ0) is 10.3. The summed E-state index contributed by atoms with van der Waals surface area (Å²) in [6.07, 6.45) is 2.12. The summed E-state index contributed by atoms with van der Waals surface area (Å²) in [4.78, 5) is 0. The molecule has 2 aromatic heterocycles. The second-order valence-corrected chi connectivity index (χ2v) is 4.58. The van der Waals surface area contributed by atoms with Gasteiger partial charge in [0.15, 0.2) is 0 Å². The molecule has 2 N–H and O–H groups in total. The molecule has 0 spiro atoms. The molecule has 2 nitrogen and oxygen atoms in total. The Morgan fingerprint density at radius 1 is 1.20 bits per heavy atom. The first kappa shape index (κ1) is 8.95. The Morgan fingerprint density at radius 3 is 3.00 bits per heavy atom. The van der Waals surface area contributed by atoms with E-state index in [1.165, 1.54) is 21.0 Å². The van der Waals surface area contributed by atoms with Crippen LogP contribution >= 0.6 is 11.3 Å². The van der Waals surface area contributed by atoms with E-state index in [0.717, 1.165) is 6.54 Å². The van der Waals surface area contributed by atoms with Crippen LogP contribution in [0.15, 0.2) is 35.8 Å². The van der Waals surface area contributed by atoms with Crippen LogP contribution in [0.4, 0.5) is 0 Å². The summed E-state index contributed by atoms with van der Waals surface area (Å²) >= 11 is 1.79. The first-order chi connectivity index (χ1) is 7.40. The summed E-state index contributed by atoms with van der Waals surface area (Å²) in [6.45, 7) is 1.57. The van der Waals surface area contributed by atoms with Crippen molar-refractivity contribution in [3.05, 3.63) is 35.8 Å². The first-order valence-electron chi connectivity index (χ1n) is 5.05. The van der Waals surface area contributed by atoms with Crippen molar-refractivity contribution in [1.29, 1.82) is 0 Å². The van der Waals surface area contributed by atoms with E-state index in [4.69, 9.17) is 5.73 Å². The van der Waals surface area contributed by atoms with Gasteiger partial charge in [-0.25, -0.2) is 0 Å². The Morgan fingerprint density at radius 2 is 2.13 bits per heavy atom. The summed E-state index contributed by atoms with van der Waals surface area (Å²) in [6, 6.07) is 8.72. The number of fused-ring (bicyclic) bond motifs is 3. The lowest BCUT2D eigenvalue weighted by Gasteiger charge is -2.03. The van der Waals surface area contributed by atoms with Crippen molar-refractivity contribution in [3.63, 3.8) is 0 Å². The third-order valence-corrected chi connectivity index (χ3v) is 3.61. The van der Waals surface area contributed by atoms with Crippen molar-refractivity contribution in [2.24, 2.45) is 5.73 Å². The Hall–Kier alpha value is -1.32. The summed E-state index contributed by atoms with van der Waals surface area (Å²) in [7, 11) is 0. The fourth-order valence-electron chi connectivity index (χ4n) is 2.07. The Bertz CT molecular complexity index is 606. The topological polar surface area (TPSA) is 30.9 Å². The van der Waals surface area contributed by atoms with Crippen LogP contribution in [0.5, 0.6) is 0 Å². The molecule has 0 amide bonds. The van der Waals surface area contributed by atoms with Crippen LogP contribution in [0.25, 0.3) is 21.0 Å². The van der Waals surface area contributed by atoms with Gasteiger partial charge in [-0.05, 0) is 23.6 Å². The second kappa shape index (κ2) is 3.36. The minimum absolute atomic E-state index is 0.685. The van der Waals surface area contributed by atoms with Crippen LogP contribution < -0.4 is 5.73 Å². The molecular formula is C12H12N2S. The minimum atomic E-state index is 0.685. The lowest BCUT2D eigenvalue weighted by molar-refractivity contribution is 0.737. The van der Waals surface area contributed by atoms with Crippen molar-refractivity contribution in [2.45, 2.75) is 6.54 Å². The van der Waals surface area contributed by atoms with Gasteiger partial charge in [0.2, 0.25) is 0 Å². The van der Waals surface area contributed by atoms with Crippen LogP contribution in [0, 0.1) is 0 Å². The predicted octanol–water partition coefficient (Wildman–Crippen LogP) is 2.81. The molecule has 0 bridgehead atoms. The molecule has 0 fully saturated rings. The Labute approximate surface area is 91.9 Å². The normalized spacial score (nSPS) is 11.5. The molecule has 0 aliphatic carbocycles. The molecule has 0 saturated carbocycles. The number of aromatic nitrogens is 1. The predicted molar refractivity (Wildman–Crippen MR) is 66.4 cm³/mol.